The highest BCUT2D eigenvalue weighted by molar-refractivity contribution is 5.80. The number of likely N-dealkylation sites (tertiary alicyclic amines) is 2. The van der Waals surface area contributed by atoms with Crippen LogP contribution in [0.5, 0.6) is 0 Å². The molecule has 0 saturated carbocycles. The van der Waals surface area contributed by atoms with Crippen molar-refractivity contribution in [2.45, 2.75) is 25.7 Å². The highest BCUT2D eigenvalue weighted by Gasteiger charge is 2.26. The molecule has 0 bridgehead atoms. The van der Waals surface area contributed by atoms with Gasteiger partial charge in [-0.25, -0.2) is 9.18 Å². The van der Waals surface area contributed by atoms with E-state index < -0.39 is 0 Å². The maximum Gasteiger partial charge on any atom is 0.320 e. The molecular weight excluding hydrogens is 293 g/mol. The Balaban J connectivity index is 1.70. The van der Waals surface area contributed by atoms with E-state index in [1.807, 2.05) is 9.80 Å². The second-order valence-electron chi connectivity index (χ2n) is 6.06. The van der Waals surface area contributed by atoms with Crippen molar-refractivity contribution in [3.63, 3.8) is 0 Å². The van der Waals surface area contributed by atoms with Crippen LogP contribution in [0.15, 0.2) is 29.8 Å². The molecular formula is C18H20FN3O. The van der Waals surface area contributed by atoms with Gasteiger partial charge in [-0.3, -0.25) is 0 Å². The molecule has 2 aliphatic rings. The largest absolute Gasteiger partial charge is 0.325 e. The molecule has 2 heterocycles. The first kappa shape index (κ1) is 15.5. The lowest BCUT2D eigenvalue weighted by atomic mass is 9.94. The van der Waals surface area contributed by atoms with Crippen LogP contribution in [0.4, 0.5) is 9.18 Å². The van der Waals surface area contributed by atoms with E-state index in [-0.39, 0.29) is 11.8 Å². The Bertz CT molecular complexity index is 644. The summed E-state index contributed by atoms with van der Waals surface area (Å²) < 4.78 is 13.0. The quantitative estimate of drug-likeness (QED) is 0.746. The summed E-state index contributed by atoms with van der Waals surface area (Å²) in [7, 11) is 0. The maximum atomic E-state index is 13.0. The smallest absolute Gasteiger partial charge is 0.320 e. The number of carbonyl (C=O) groups is 1. The maximum absolute atomic E-state index is 13.0. The Hall–Kier alpha value is -2.35. The van der Waals surface area contributed by atoms with E-state index in [2.05, 4.69) is 6.07 Å². The van der Waals surface area contributed by atoms with Gasteiger partial charge in [-0.2, -0.15) is 5.26 Å². The van der Waals surface area contributed by atoms with E-state index in [0.29, 0.717) is 31.5 Å². The van der Waals surface area contributed by atoms with Crippen LogP contribution in [-0.2, 0) is 0 Å². The lowest BCUT2D eigenvalue weighted by molar-refractivity contribution is 0.159. The van der Waals surface area contributed by atoms with Gasteiger partial charge >= 0.3 is 6.03 Å². The first-order valence-corrected chi connectivity index (χ1v) is 8.11. The van der Waals surface area contributed by atoms with Crippen LogP contribution in [0, 0.1) is 17.1 Å². The van der Waals surface area contributed by atoms with Gasteiger partial charge in [-0.15, -0.1) is 0 Å². The molecule has 3 rings (SSSR count). The van der Waals surface area contributed by atoms with E-state index in [1.165, 1.54) is 12.1 Å². The van der Waals surface area contributed by atoms with Crippen LogP contribution in [0.25, 0.3) is 5.57 Å². The number of piperidine rings is 1. The van der Waals surface area contributed by atoms with Crippen LogP contribution in [-0.4, -0.2) is 42.0 Å². The molecule has 0 aliphatic carbocycles. The number of halogens is 1. The van der Waals surface area contributed by atoms with Gasteiger partial charge in [-0.1, -0.05) is 12.1 Å². The Morgan fingerprint density at radius 3 is 2.13 bits per heavy atom. The van der Waals surface area contributed by atoms with Crippen molar-refractivity contribution in [3.8, 4) is 6.07 Å². The number of hydrogen-bond donors (Lipinski definition) is 0. The number of urea groups is 1. The summed E-state index contributed by atoms with van der Waals surface area (Å²) >= 11 is 0. The van der Waals surface area contributed by atoms with Gasteiger partial charge in [-0.05, 0) is 49.0 Å². The molecule has 0 aromatic heterocycles. The summed E-state index contributed by atoms with van der Waals surface area (Å²) in [5.74, 6) is -0.304. The van der Waals surface area contributed by atoms with Crippen molar-refractivity contribution in [1.29, 1.82) is 5.26 Å². The highest BCUT2D eigenvalue weighted by atomic mass is 19.1. The molecule has 0 N–H and O–H groups in total. The van der Waals surface area contributed by atoms with Gasteiger partial charge in [0.2, 0.25) is 0 Å². The van der Waals surface area contributed by atoms with Crippen molar-refractivity contribution in [2.75, 3.05) is 26.2 Å². The molecule has 2 fully saturated rings. The summed E-state index contributed by atoms with van der Waals surface area (Å²) in [6.45, 7) is 3.02. The molecule has 1 aromatic carbocycles. The predicted molar refractivity (Wildman–Crippen MR) is 85.9 cm³/mol. The monoisotopic (exact) mass is 313 g/mol. The Morgan fingerprint density at radius 1 is 1.00 bits per heavy atom. The minimum Gasteiger partial charge on any atom is -0.325 e. The van der Waals surface area contributed by atoms with Gasteiger partial charge in [0.1, 0.15) is 5.82 Å². The molecule has 2 saturated heterocycles. The summed E-state index contributed by atoms with van der Waals surface area (Å²) in [5, 5.41) is 9.46. The average Bonchev–Trinajstić information content (AvgIpc) is 3.12. The van der Waals surface area contributed by atoms with Crippen LogP contribution in [0.2, 0.25) is 0 Å². The first-order chi connectivity index (χ1) is 11.2. The van der Waals surface area contributed by atoms with Gasteiger partial charge in [0.05, 0.1) is 11.6 Å². The van der Waals surface area contributed by atoms with E-state index in [1.54, 1.807) is 12.1 Å². The lowest BCUT2D eigenvalue weighted by Gasteiger charge is -2.32. The second-order valence-corrected chi connectivity index (χ2v) is 6.06. The van der Waals surface area contributed by atoms with Crippen molar-refractivity contribution < 1.29 is 9.18 Å². The van der Waals surface area contributed by atoms with E-state index >= 15 is 0 Å². The van der Waals surface area contributed by atoms with E-state index in [0.717, 1.165) is 37.1 Å². The molecule has 0 radical (unpaired) electrons. The topological polar surface area (TPSA) is 47.3 Å². The van der Waals surface area contributed by atoms with E-state index in [4.69, 9.17) is 0 Å². The predicted octanol–water partition coefficient (Wildman–Crippen LogP) is 3.41. The fourth-order valence-corrected chi connectivity index (χ4v) is 3.29. The van der Waals surface area contributed by atoms with Crippen LogP contribution in [0.3, 0.4) is 0 Å². The number of amides is 2. The Kier molecular flexibility index (Phi) is 4.61. The molecule has 0 unspecified atom stereocenters. The molecule has 5 heteroatoms. The minimum absolute atomic E-state index is 0.127. The number of benzene rings is 1. The van der Waals surface area contributed by atoms with Crippen molar-refractivity contribution in [3.05, 3.63) is 41.2 Å². The molecule has 2 amide bonds. The first-order valence-electron chi connectivity index (χ1n) is 8.11. The Labute approximate surface area is 135 Å². The third-order valence-corrected chi connectivity index (χ3v) is 4.61. The zero-order valence-electron chi connectivity index (χ0n) is 13.1. The number of carbonyl (C=O) groups excluding carboxylic acids is 1. The van der Waals surface area contributed by atoms with Gasteiger partial charge in [0.25, 0.3) is 0 Å². The molecule has 1 aromatic rings. The molecule has 120 valence electrons. The van der Waals surface area contributed by atoms with Gasteiger partial charge in [0, 0.05) is 26.2 Å². The fourth-order valence-electron chi connectivity index (χ4n) is 3.29. The van der Waals surface area contributed by atoms with Crippen molar-refractivity contribution in [2.24, 2.45) is 0 Å². The fraction of sp³-hybridized carbons (Fsp3) is 0.444. The highest BCUT2D eigenvalue weighted by Crippen LogP contribution is 2.27. The lowest BCUT2D eigenvalue weighted by Crippen LogP contribution is -2.44. The normalized spacial score (nSPS) is 18.0. The zero-order valence-corrected chi connectivity index (χ0v) is 13.1. The number of hydrogen-bond acceptors (Lipinski definition) is 2. The molecule has 0 spiro atoms. The van der Waals surface area contributed by atoms with Crippen molar-refractivity contribution in [1.82, 2.24) is 9.80 Å². The Morgan fingerprint density at radius 2 is 1.57 bits per heavy atom. The minimum atomic E-state index is -0.304. The summed E-state index contributed by atoms with van der Waals surface area (Å²) in [5.41, 5.74) is 2.44. The van der Waals surface area contributed by atoms with Crippen molar-refractivity contribution >= 4 is 11.6 Å². The SMILES string of the molecule is N#CC(=C1CCN(C(=O)N2CCCC2)CC1)c1ccc(F)cc1. The average molecular weight is 313 g/mol. The summed E-state index contributed by atoms with van der Waals surface area (Å²) in [6, 6.07) is 8.41. The molecule has 0 atom stereocenters. The molecule has 23 heavy (non-hydrogen) atoms. The van der Waals surface area contributed by atoms with Crippen LogP contribution < -0.4 is 0 Å². The summed E-state index contributed by atoms with van der Waals surface area (Å²) in [6.07, 6.45) is 3.60. The van der Waals surface area contributed by atoms with Crippen LogP contribution in [0.1, 0.15) is 31.2 Å². The number of nitriles is 1. The van der Waals surface area contributed by atoms with Gasteiger partial charge < -0.3 is 9.80 Å². The third kappa shape index (κ3) is 3.37. The molecule has 4 nitrogen and oxygen atoms in total. The second kappa shape index (κ2) is 6.82. The molecule has 2 aliphatic heterocycles. The van der Waals surface area contributed by atoms with Crippen LogP contribution >= 0.6 is 0 Å². The van der Waals surface area contributed by atoms with E-state index in [9.17, 15) is 14.4 Å². The number of rotatable bonds is 1. The third-order valence-electron chi connectivity index (χ3n) is 4.61. The zero-order chi connectivity index (χ0) is 16.2. The number of nitrogens with zero attached hydrogens (tertiary/aromatic N) is 3. The summed E-state index contributed by atoms with van der Waals surface area (Å²) in [4.78, 5) is 16.2. The standard InChI is InChI=1S/C18H20FN3O/c19-16-5-3-14(4-6-16)17(13-20)15-7-11-22(12-8-15)18(23)21-9-1-2-10-21/h3-6H,1-2,7-12H2. The number of allylic oxidation sites excluding steroid dienone is 1. The van der Waals surface area contributed by atoms with Gasteiger partial charge in [0.15, 0.2) is 0 Å².